The molecule has 0 spiro atoms. The predicted molar refractivity (Wildman–Crippen MR) is 145 cm³/mol. The van der Waals surface area contributed by atoms with Gasteiger partial charge < -0.3 is 20.4 Å². The van der Waals surface area contributed by atoms with E-state index in [9.17, 15) is 9.59 Å². The smallest absolute Gasteiger partial charge is 0.251 e. The van der Waals surface area contributed by atoms with E-state index in [1.54, 1.807) is 21.6 Å². The van der Waals surface area contributed by atoms with Crippen LogP contribution in [0.5, 0.6) is 0 Å². The number of nitrogens with one attached hydrogen (secondary N) is 2. The van der Waals surface area contributed by atoms with Crippen LogP contribution in [0, 0.1) is 11.8 Å². The van der Waals surface area contributed by atoms with Gasteiger partial charge in [0.25, 0.3) is 11.8 Å². The van der Waals surface area contributed by atoms with Crippen molar-refractivity contribution in [1.82, 2.24) is 20.4 Å². The van der Waals surface area contributed by atoms with Gasteiger partial charge in [-0.1, -0.05) is 21.6 Å². The largest absolute Gasteiger partial charge is 0.348 e. The van der Waals surface area contributed by atoms with Crippen LogP contribution in [0.1, 0.15) is 46.4 Å². The van der Waals surface area contributed by atoms with E-state index in [0.29, 0.717) is 11.8 Å². The van der Waals surface area contributed by atoms with Gasteiger partial charge >= 0.3 is 0 Å². The maximum atomic E-state index is 12.8. The zero-order valence-corrected chi connectivity index (χ0v) is 22.2. The lowest BCUT2D eigenvalue weighted by Crippen LogP contribution is -2.57. The van der Waals surface area contributed by atoms with Gasteiger partial charge in [-0.15, -0.1) is 0 Å². The molecular weight excluding hydrogens is 488 g/mol. The highest BCUT2D eigenvalue weighted by Gasteiger charge is 2.36. The third-order valence-corrected chi connectivity index (χ3v) is 10.8. The maximum Gasteiger partial charge on any atom is 0.251 e. The lowest BCUT2D eigenvalue weighted by atomic mass is 9.84. The number of nitrogens with zero attached hydrogens (tertiary/aromatic N) is 2. The fourth-order valence-corrected chi connectivity index (χ4v) is 8.11. The van der Waals surface area contributed by atoms with Crippen LogP contribution in [0.2, 0.25) is 0 Å². The minimum Gasteiger partial charge on any atom is -0.348 e. The molecule has 8 rings (SSSR count). The minimum atomic E-state index is 0.0325. The summed E-state index contributed by atoms with van der Waals surface area (Å²) >= 11 is 0. The first-order valence-electron chi connectivity index (χ1n) is 13.2. The van der Waals surface area contributed by atoms with Gasteiger partial charge in [-0.3, -0.25) is 9.59 Å². The van der Waals surface area contributed by atoms with E-state index < -0.39 is 0 Å². The van der Waals surface area contributed by atoms with Crippen molar-refractivity contribution in [2.24, 2.45) is 11.8 Å². The van der Waals surface area contributed by atoms with Crippen molar-refractivity contribution in [3.8, 4) is 0 Å². The van der Waals surface area contributed by atoms with Crippen molar-refractivity contribution in [2.75, 3.05) is 39.3 Å². The number of carbonyl (C=O) groups is 2. The fourth-order valence-electron chi connectivity index (χ4n) is 6.18. The molecule has 6 aliphatic heterocycles. The standard InChI is InChI=1S/C28H34N4O2S2/c33-27(29-25-17-31-13-9-19(25)10-14-31)21-1-5-23(6-2-21)35-36-24-7-3-22(4-8-24)28(34)30-26-18-32-15-11-20(26)12-16-32/h1-8,19-20,25-26H,9-18H2,(H,29,33)(H,30,34). The molecule has 0 aliphatic carbocycles. The Morgan fingerprint density at radius 2 is 0.972 bits per heavy atom. The monoisotopic (exact) mass is 522 g/mol. The number of fused-ring (bicyclic) bond motifs is 6. The quantitative estimate of drug-likeness (QED) is 0.533. The van der Waals surface area contributed by atoms with Crippen LogP contribution in [0.3, 0.4) is 0 Å². The van der Waals surface area contributed by atoms with E-state index in [1.165, 1.54) is 51.9 Å². The fraction of sp³-hybridized carbons (Fsp3) is 0.500. The lowest BCUT2D eigenvalue weighted by molar-refractivity contribution is 0.0617. The zero-order valence-electron chi connectivity index (χ0n) is 20.5. The molecule has 6 nitrogen and oxygen atoms in total. The number of hydrogen-bond acceptors (Lipinski definition) is 6. The molecule has 6 aliphatic rings. The molecule has 4 bridgehead atoms. The molecule has 2 aromatic rings. The van der Waals surface area contributed by atoms with Crippen LogP contribution >= 0.6 is 21.6 Å². The number of carbonyl (C=O) groups excluding carboxylic acids is 2. The molecule has 6 fully saturated rings. The van der Waals surface area contributed by atoms with Crippen LogP contribution in [0.15, 0.2) is 58.3 Å². The summed E-state index contributed by atoms with van der Waals surface area (Å²) < 4.78 is 0. The second-order valence-electron chi connectivity index (χ2n) is 10.7. The van der Waals surface area contributed by atoms with E-state index >= 15 is 0 Å². The molecule has 0 radical (unpaired) electrons. The first-order valence-corrected chi connectivity index (χ1v) is 15.4. The molecule has 8 heteroatoms. The highest BCUT2D eigenvalue weighted by atomic mass is 33.1. The molecule has 190 valence electrons. The number of piperidine rings is 6. The Morgan fingerprint density at radius 1 is 0.611 bits per heavy atom. The number of hydrogen-bond donors (Lipinski definition) is 2. The van der Waals surface area contributed by atoms with Gasteiger partial charge in [0.2, 0.25) is 0 Å². The molecule has 2 amide bonds. The van der Waals surface area contributed by atoms with Crippen molar-refractivity contribution in [1.29, 1.82) is 0 Å². The van der Waals surface area contributed by atoms with Gasteiger partial charge in [-0.2, -0.15) is 0 Å². The van der Waals surface area contributed by atoms with Crippen molar-refractivity contribution in [2.45, 2.75) is 47.6 Å². The molecule has 6 saturated heterocycles. The van der Waals surface area contributed by atoms with Gasteiger partial charge in [-0.25, -0.2) is 0 Å². The molecule has 2 atom stereocenters. The van der Waals surface area contributed by atoms with Crippen LogP contribution < -0.4 is 10.6 Å². The Labute approximate surface area is 221 Å². The Balaban J connectivity index is 0.979. The average molecular weight is 523 g/mol. The zero-order chi connectivity index (χ0) is 24.5. The van der Waals surface area contributed by atoms with Gasteiger partial charge in [0, 0.05) is 46.1 Å². The molecule has 2 N–H and O–H groups in total. The van der Waals surface area contributed by atoms with Crippen LogP contribution in [0.25, 0.3) is 0 Å². The van der Waals surface area contributed by atoms with E-state index in [1.807, 2.05) is 48.5 Å². The van der Waals surface area contributed by atoms with Crippen molar-refractivity contribution in [3.05, 3.63) is 59.7 Å². The third-order valence-electron chi connectivity index (χ3n) is 8.41. The highest BCUT2D eigenvalue weighted by molar-refractivity contribution is 8.76. The number of amides is 2. The lowest BCUT2D eigenvalue weighted by Gasteiger charge is -2.44. The second kappa shape index (κ2) is 10.8. The normalized spacial score (nSPS) is 30.7. The van der Waals surface area contributed by atoms with E-state index in [2.05, 4.69) is 20.4 Å². The number of rotatable bonds is 7. The first kappa shape index (κ1) is 24.3. The molecule has 36 heavy (non-hydrogen) atoms. The van der Waals surface area contributed by atoms with Gasteiger partial charge in [0.1, 0.15) is 0 Å². The SMILES string of the molecule is O=C(NC1CN2CCC1CC2)c1ccc(SSc2ccc(C(=O)NC3CN4CCC3CC4)cc2)cc1. The summed E-state index contributed by atoms with van der Waals surface area (Å²) in [6.07, 6.45) is 4.79. The topological polar surface area (TPSA) is 64.7 Å². The average Bonchev–Trinajstić information content (AvgIpc) is 2.94. The molecule has 2 unspecified atom stereocenters. The van der Waals surface area contributed by atoms with Crippen LogP contribution in [-0.2, 0) is 0 Å². The number of benzene rings is 2. The molecule has 2 aromatic carbocycles. The summed E-state index contributed by atoms with van der Waals surface area (Å²) in [6, 6.07) is 16.3. The summed E-state index contributed by atoms with van der Waals surface area (Å²) in [7, 11) is 3.32. The third kappa shape index (κ3) is 5.47. The summed E-state index contributed by atoms with van der Waals surface area (Å²) in [5.74, 6) is 1.32. The van der Waals surface area contributed by atoms with Gasteiger partial charge in [-0.05, 0) is 112 Å². The van der Waals surface area contributed by atoms with Gasteiger partial charge in [0.15, 0.2) is 0 Å². The Bertz CT molecular complexity index is 990. The van der Waals surface area contributed by atoms with Crippen molar-refractivity contribution >= 4 is 33.4 Å². The van der Waals surface area contributed by atoms with E-state index in [-0.39, 0.29) is 23.9 Å². The molecule has 6 heterocycles. The first-order chi connectivity index (χ1) is 17.6. The Hall–Kier alpha value is -2.00. The summed E-state index contributed by atoms with van der Waals surface area (Å²) in [5.41, 5.74) is 1.44. The van der Waals surface area contributed by atoms with E-state index in [0.717, 1.165) is 34.0 Å². The minimum absolute atomic E-state index is 0.0325. The summed E-state index contributed by atoms with van der Waals surface area (Å²) in [6.45, 7) is 6.68. The highest BCUT2D eigenvalue weighted by Crippen LogP contribution is 2.37. The van der Waals surface area contributed by atoms with Crippen molar-refractivity contribution < 1.29 is 9.59 Å². The summed E-state index contributed by atoms with van der Waals surface area (Å²) in [5, 5.41) is 6.53. The van der Waals surface area contributed by atoms with Gasteiger partial charge in [0.05, 0.1) is 0 Å². The van der Waals surface area contributed by atoms with Crippen LogP contribution in [-0.4, -0.2) is 73.0 Å². The second-order valence-corrected chi connectivity index (χ2v) is 12.9. The van der Waals surface area contributed by atoms with Crippen LogP contribution in [0.4, 0.5) is 0 Å². The maximum absolute atomic E-state index is 12.8. The Kier molecular flexibility index (Phi) is 7.29. The molecule has 0 aromatic heterocycles. The molecular formula is C28H34N4O2S2. The van der Waals surface area contributed by atoms with Crippen molar-refractivity contribution in [3.63, 3.8) is 0 Å². The molecule has 0 saturated carbocycles. The summed E-state index contributed by atoms with van der Waals surface area (Å²) in [4.78, 5) is 32.6. The Morgan fingerprint density at radius 3 is 1.28 bits per heavy atom. The predicted octanol–water partition coefficient (Wildman–Crippen LogP) is 4.13. The van der Waals surface area contributed by atoms with E-state index in [4.69, 9.17) is 0 Å².